The fourth-order valence-corrected chi connectivity index (χ4v) is 3.11. The maximum absolute atomic E-state index is 5.48. The number of hydrogen-bond donors (Lipinski definition) is 1. The minimum Gasteiger partial charge on any atom is -0.493 e. The second-order valence-electron chi connectivity index (χ2n) is 6.39. The second kappa shape index (κ2) is 11.8. The fraction of sp³-hybridized carbons (Fsp3) is 0.667. The molecule has 1 aromatic carbocycles. The zero-order chi connectivity index (χ0) is 15.9. The van der Waals surface area contributed by atoms with Crippen molar-refractivity contribution in [1.82, 2.24) is 10.2 Å². The van der Waals surface area contributed by atoms with Crippen LogP contribution in [0, 0.1) is 5.92 Å². The van der Waals surface area contributed by atoms with Crippen LogP contribution in [-0.2, 0) is 0 Å². The molecular weight excluding hydrogens is 347 g/mol. The minimum atomic E-state index is 0. The van der Waals surface area contributed by atoms with Gasteiger partial charge in [0.2, 0.25) is 0 Å². The van der Waals surface area contributed by atoms with Gasteiger partial charge in [-0.05, 0) is 36.5 Å². The Bertz CT molecular complexity index is 466. The number of benzene rings is 1. The Morgan fingerprint density at radius 2 is 1.62 bits per heavy atom. The second-order valence-corrected chi connectivity index (χ2v) is 6.39. The Labute approximate surface area is 159 Å². The smallest absolute Gasteiger partial charge is 0.161 e. The van der Waals surface area contributed by atoms with E-state index in [9.17, 15) is 0 Å². The van der Waals surface area contributed by atoms with Gasteiger partial charge in [0.1, 0.15) is 0 Å². The molecule has 1 heterocycles. The van der Waals surface area contributed by atoms with Crippen LogP contribution in [0.5, 0.6) is 11.5 Å². The molecule has 0 bridgehead atoms. The quantitative estimate of drug-likeness (QED) is 0.778. The highest BCUT2D eigenvalue weighted by Crippen LogP contribution is 2.34. The van der Waals surface area contributed by atoms with Crippen molar-refractivity contribution in [2.45, 2.75) is 32.7 Å². The number of ether oxygens (including phenoxy) is 2. The van der Waals surface area contributed by atoms with Crippen molar-refractivity contribution in [1.29, 1.82) is 0 Å². The van der Waals surface area contributed by atoms with E-state index in [4.69, 9.17) is 9.47 Å². The normalized spacial score (nSPS) is 16.0. The summed E-state index contributed by atoms with van der Waals surface area (Å²) >= 11 is 0. The molecule has 0 unspecified atom stereocenters. The van der Waals surface area contributed by atoms with Gasteiger partial charge in [-0.1, -0.05) is 19.9 Å². The molecule has 24 heavy (non-hydrogen) atoms. The molecule has 6 heteroatoms. The summed E-state index contributed by atoms with van der Waals surface area (Å²) in [5.41, 5.74) is 1.33. The predicted octanol–water partition coefficient (Wildman–Crippen LogP) is 3.93. The summed E-state index contributed by atoms with van der Waals surface area (Å²) in [6.45, 7) is 8.96. The molecule has 0 saturated carbocycles. The molecule has 1 fully saturated rings. The Hall–Kier alpha value is -0.680. The van der Waals surface area contributed by atoms with E-state index in [1.165, 1.54) is 18.4 Å². The third-order valence-corrected chi connectivity index (χ3v) is 4.40. The largest absolute Gasteiger partial charge is 0.493 e. The van der Waals surface area contributed by atoms with E-state index in [0.717, 1.165) is 43.6 Å². The molecule has 0 spiro atoms. The third kappa shape index (κ3) is 6.32. The van der Waals surface area contributed by atoms with Crippen molar-refractivity contribution in [3.05, 3.63) is 23.8 Å². The van der Waals surface area contributed by atoms with E-state index in [0.29, 0.717) is 6.04 Å². The van der Waals surface area contributed by atoms with E-state index >= 15 is 0 Å². The van der Waals surface area contributed by atoms with Crippen LogP contribution < -0.4 is 14.8 Å². The van der Waals surface area contributed by atoms with Crippen molar-refractivity contribution in [3.63, 3.8) is 0 Å². The van der Waals surface area contributed by atoms with Crippen molar-refractivity contribution < 1.29 is 9.47 Å². The topological polar surface area (TPSA) is 33.7 Å². The van der Waals surface area contributed by atoms with Gasteiger partial charge in [-0.2, -0.15) is 0 Å². The van der Waals surface area contributed by atoms with Crippen molar-refractivity contribution in [2.24, 2.45) is 5.92 Å². The Morgan fingerprint density at radius 1 is 1.00 bits per heavy atom. The lowest BCUT2D eigenvalue weighted by Crippen LogP contribution is -2.45. The Kier molecular flexibility index (Phi) is 11.5. The standard InChI is InChI=1S/C18H30N2O2.2ClH/c1-14(2)5-7-16(20-11-9-19-10-12-20)15-6-8-17(21-3)18(13-15)22-4;;/h6,8,13-14,16,19H,5,7,9-12H2,1-4H3;2*1H/t16-;;/m1../s1. The first-order valence-corrected chi connectivity index (χ1v) is 8.32. The highest BCUT2D eigenvalue weighted by Gasteiger charge is 2.23. The van der Waals surface area contributed by atoms with Gasteiger partial charge in [0, 0.05) is 32.2 Å². The number of halogens is 2. The van der Waals surface area contributed by atoms with Gasteiger partial charge in [0.05, 0.1) is 14.2 Å². The summed E-state index contributed by atoms with van der Waals surface area (Å²) in [5.74, 6) is 2.35. The van der Waals surface area contributed by atoms with Crippen molar-refractivity contribution >= 4 is 24.8 Å². The van der Waals surface area contributed by atoms with Crippen LogP contribution in [0.1, 0.15) is 38.3 Å². The van der Waals surface area contributed by atoms with Gasteiger partial charge in [-0.15, -0.1) is 24.8 Å². The van der Waals surface area contributed by atoms with Gasteiger partial charge in [0.25, 0.3) is 0 Å². The van der Waals surface area contributed by atoms with Crippen LogP contribution >= 0.6 is 24.8 Å². The van der Waals surface area contributed by atoms with Crippen LogP contribution in [0.25, 0.3) is 0 Å². The van der Waals surface area contributed by atoms with Crippen molar-refractivity contribution in [3.8, 4) is 11.5 Å². The molecule has 1 saturated heterocycles. The molecule has 140 valence electrons. The summed E-state index contributed by atoms with van der Waals surface area (Å²) < 4.78 is 10.9. The Morgan fingerprint density at radius 3 is 2.17 bits per heavy atom. The van der Waals surface area contributed by atoms with E-state index in [-0.39, 0.29) is 24.8 Å². The van der Waals surface area contributed by atoms with Crippen LogP contribution in [0.2, 0.25) is 0 Å². The molecule has 1 aromatic rings. The molecule has 0 radical (unpaired) electrons. The van der Waals surface area contributed by atoms with E-state index in [2.05, 4.69) is 36.2 Å². The average Bonchev–Trinajstić information content (AvgIpc) is 2.55. The van der Waals surface area contributed by atoms with Crippen LogP contribution in [-0.4, -0.2) is 45.3 Å². The number of nitrogens with zero attached hydrogens (tertiary/aromatic N) is 1. The molecule has 1 N–H and O–H groups in total. The van der Waals surface area contributed by atoms with Gasteiger partial charge in [0.15, 0.2) is 11.5 Å². The summed E-state index contributed by atoms with van der Waals surface area (Å²) in [6, 6.07) is 6.82. The summed E-state index contributed by atoms with van der Waals surface area (Å²) in [4.78, 5) is 2.60. The SMILES string of the molecule is COc1ccc([C@@H](CCC(C)C)N2CCNCC2)cc1OC.Cl.Cl. The highest BCUT2D eigenvalue weighted by atomic mass is 35.5. The first-order valence-electron chi connectivity index (χ1n) is 8.32. The lowest BCUT2D eigenvalue weighted by Gasteiger charge is -2.36. The van der Waals surface area contributed by atoms with E-state index in [1.807, 2.05) is 6.07 Å². The monoisotopic (exact) mass is 378 g/mol. The fourth-order valence-electron chi connectivity index (χ4n) is 3.11. The van der Waals surface area contributed by atoms with Crippen molar-refractivity contribution in [2.75, 3.05) is 40.4 Å². The maximum Gasteiger partial charge on any atom is 0.161 e. The molecule has 2 rings (SSSR count). The lowest BCUT2D eigenvalue weighted by atomic mass is 9.95. The van der Waals surface area contributed by atoms with Crippen LogP contribution in [0.4, 0.5) is 0 Å². The number of piperazine rings is 1. The number of hydrogen-bond acceptors (Lipinski definition) is 4. The Balaban J connectivity index is 0.00000264. The summed E-state index contributed by atoms with van der Waals surface area (Å²) in [7, 11) is 3.39. The van der Waals surface area contributed by atoms with Crippen LogP contribution in [0.3, 0.4) is 0 Å². The highest BCUT2D eigenvalue weighted by molar-refractivity contribution is 5.85. The molecular formula is C18H32Cl2N2O2. The minimum absolute atomic E-state index is 0. The molecule has 1 aliphatic heterocycles. The molecule has 1 aliphatic rings. The number of rotatable bonds is 7. The van der Waals surface area contributed by atoms with Gasteiger partial charge < -0.3 is 14.8 Å². The first-order chi connectivity index (χ1) is 10.7. The number of methoxy groups -OCH3 is 2. The molecule has 1 atom stereocenters. The van der Waals surface area contributed by atoms with Crippen LogP contribution in [0.15, 0.2) is 18.2 Å². The summed E-state index contributed by atoms with van der Waals surface area (Å²) in [6.07, 6.45) is 2.43. The van der Waals surface area contributed by atoms with Gasteiger partial charge in [-0.25, -0.2) is 0 Å². The molecule has 0 amide bonds. The molecule has 0 aromatic heterocycles. The molecule has 4 nitrogen and oxygen atoms in total. The zero-order valence-corrected chi connectivity index (χ0v) is 16.8. The number of nitrogens with one attached hydrogen (secondary N) is 1. The van der Waals surface area contributed by atoms with Gasteiger partial charge in [-0.3, -0.25) is 4.90 Å². The summed E-state index contributed by atoms with van der Waals surface area (Å²) in [5, 5.41) is 3.44. The zero-order valence-electron chi connectivity index (χ0n) is 15.2. The maximum atomic E-state index is 5.48. The average molecular weight is 379 g/mol. The first kappa shape index (κ1) is 23.3. The predicted molar refractivity (Wildman–Crippen MR) is 105 cm³/mol. The third-order valence-electron chi connectivity index (χ3n) is 4.40. The van der Waals surface area contributed by atoms with E-state index in [1.54, 1.807) is 14.2 Å². The lowest BCUT2D eigenvalue weighted by molar-refractivity contribution is 0.159. The van der Waals surface area contributed by atoms with Gasteiger partial charge >= 0.3 is 0 Å². The molecule has 0 aliphatic carbocycles. The van der Waals surface area contributed by atoms with E-state index < -0.39 is 0 Å².